The van der Waals surface area contributed by atoms with Gasteiger partial charge in [-0.15, -0.1) is 0 Å². The molecular formula is C17H20N4O4. The summed E-state index contributed by atoms with van der Waals surface area (Å²) in [6.07, 6.45) is 1.17. The molecule has 132 valence electrons. The fourth-order valence-electron chi connectivity index (χ4n) is 2.82. The van der Waals surface area contributed by atoms with Crippen LogP contribution in [-0.2, 0) is 18.3 Å². The molecule has 1 aliphatic rings. The van der Waals surface area contributed by atoms with Gasteiger partial charge in [0.2, 0.25) is 0 Å². The molecule has 2 heterocycles. The summed E-state index contributed by atoms with van der Waals surface area (Å²) < 4.78 is 6.60. The zero-order chi connectivity index (χ0) is 17.8. The van der Waals surface area contributed by atoms with Gasteiger partial charge >= 0.3 is 5.97 Å². The molecule has 1 aromatic heterocycles. The van der Waals surface area contributed by atoms with Crippen molar-refractivity contribution in [3.05, 3.63) is 47.3 Å². The third-order valence-electron chi connectivity index (χ3n) is 4.08. The van der Waals surface area contributed by atoms with Crippen LogP contribution in [0.25, 0.3) is 0 Å². The molecule has 1 aromatic carbocycles. The third-order valence-corrected chi connectivity index (χ3v) is 4.08. The minimum absolute atomic E-state index is 0.0195. The maximum atomic E-state index is 12.5. The van der Waals surface area contributed by atoms with Crippen molar-refractivity contribution in [2.24, 2.45) is 7.05 Å². The van der Waals surface area contributed by atoms with Crippen LogP contribution >= 0.6 is 0 Å². The molecule has 3 rings (SSSR count). The molecule has 0 saturated carbocycles. The van der Waals surface area contributed by atoms with E-state index in [1.165, 1.54) is 17.9 Å². The van der Waals surface area contributed by atoms with E-state index in [0.717, 1.165) is 38.4 Å². The standard InChI is InChI=1S/C17H20N4O4/c1-20-15(14(10-18-20)17(23)24)16(22)19-13-4-2-3-12(9-13)11-21-5-7-25-8-6-21/h2-4,9-10H,5-8,11H2,1H3,(H,19,22)(H,23,24). The van der Waals surface area contributed by atoms with Crippen LogP contribution in [0.2, 0.25) is 0 Å². The van der Waals surface area contributed by atoms with Crippen molar-refractivity contribution < 1.29 is 19.4 Å². The summed E-state index contributed by atoms with van der Waals surface area (Å²) in [5.41, 5.74) is 1.59. The number of carbonyl (C=O) groups is 2. The van der Waals surface area contributed by atoms with E-state index in [1.54, 1.807) is 6.07 Å². The van der Waals surface area contributed by atoms with E-state index in [2.05, 4.69) is 15.3 Å². The number of morpholine rings is 1. The Balaban J connectivity index is 1.72. The van der Waals surface area contributed by atoms with Gasteiger partial charge in [-0.25, -0.2) is 4.79 Å². The van der Waals surface area contributed by atoms with E-state index in [4.69, 9.17) is 4.74 Å². The Bertz CT molecular complexity index is 781. The maximum absolute atomic E-state index is 12.5. The Kier molecular flexibility index (Phi) is 5.11. The molecule has 25 heavy (non-hydrogen) atoms. The smallest absolute Gasteiger partial charge is 0.339 e. The van der Waals surface area contributed by atoms with E-state index >= 15 is 0 Å². The lowest BCUT2D eigenvalue weighted by Crippen LogP contribution is -2.35. The SMILES string of the molecule is Cn1ncc(C(=O)O)c1C(=O)Nc1cccc(CN2CCOCC2)c1. The van der Waals surface area contributed by atoms with Crippen LogP contribution in [-0.4, -0.2) is 58.0 Å². The number of carboxylic acids is 1. The summed E-state index contributed by atoms with van der Waals surface area (Å²) >= 11 is 0. The first-order valence-corrected chi connectivity index (χ1v) is 8.00. The van der Waals surface area contributed by atoms with E-state index in [9.17, 15) is 14.7 Å². The van der Waals surface area contributed by atoms with E-state index in [0.29, 0.717) is 5.69 Å². The number of hydrogen-bond acceptors (Lipinski definition) is 5. The van der Waals surface area contributed by atoms with Crippen molar-refractivity contribution in [2.75, 3.05) is 31.6 Å². The first-order chi connectivity index (χ1) is 12.0. The Morgan fingerprint density at radius 1 is 1.32 bits per heavy atom. The number of nitrogens with one attached hydrogen (secondary N) is 1. The Hall–Kier alpha value is -2.71. The highest BCUT2D eigenvalue weighted by Gasteiger charge is 2.21. The molecular weight excluding hydrogens is 324 g/mol. The van der Waals surface area contributed by atoms with E-state index < -0.39 is 11.9 Å². The molecule has 1 saturated heterocycles. The summed E-state index contributed by atoms with van der Waals surface area (Å²) in [6.45, 7) is 4.00. The molecule has 2 aromatic rings. The van der Waals surface area contributed by atoms with Gasteiger partial charge in [0, 0.05) is 32.4 Å². The second-order valence-electron chi connectivity index (χ2n) is 5.88. The largest absolute Gasteiger partial charge is 0.478 e. The number of hydrogen-bond donors (Lipinski definition) is 2. The molecule has 8 heteroatoms. The third kappa shape index (κ3) is 4.04. The molecule has 8 nitrogen and oxygen atoms in total. The van der Waals surface area contributed by atoms with Gasteiger partial charge in [0.05, 0.1) is 19.4 Å². The van der Waals surface area contributed by atoms with Gasteiger partial charge < -0.3 is 15.2 Å². The molecule has 0 spiro atoms. The van der Waals surface area contributed by atoms with Crippen LogP contribution in [0.15, 0.2) is 30.5 Å². The number of ether oxygens (including phenoxy) is 1. The molecule has 0 aliphatic carbocycles. The number of benzene rings is 1. The number of amides is 1. The first kappa shape index (κ1) is 17.1. The predicted octanol–water partition coefficient (Wildman–Crippen LogP) is 1.20. The fourth-order valence-corrected chi connectivity index (χ4v) is 2.82. The van der Waals surface area contributed by atoms with Crippen LogP contribution in [0.1, 0.15) is 26.4 Å². The molecule has 0 radical (unpaired) electrons. The highest BCUT2D eigenvalue weighted by molar-refractivity contribution is 6.09. The molecule has 1 amide bonds. The van der Waals surface area contributed by atoms with Gasteiger partial charge in [-0.1, -0.05) is 12.1 Å². The summed E-state index contributed by atoms with van der Waals surface area (Å²) in [5, 5.41) is 15.8. The minimum Gasteiger partial charge on any atom is -0.478 e. The van der Waals surface area contributed by atoms with Crippen LogP contribution in [0.5, 0.6) is 0 Å². The van der Waals surface area contributed by atoms with Crippen LogP contribution in [0.4, 0.5) is 5.69 Å². The number of aromatic nitrogens is 2. The first-order valence-electron chi connectivity index (χ1n) is 8.00. The van der Waals surface area contributed by atoms with Gasteiger partial charge in [0.25, 0.3) is 5.91 Å². The van der Waals surface area contributed by atoms with Crippen molar-refractivity contribution in [2.45, 2.75) is 6.54 Å². The molecule has 1 fully saturated rings. The quantitative estimate of drug-likeness (QED) is 0.846. The maximum Gasteiger partial charge on any atom is 0.339 e. The summed E-state index contributed by atoms with van der Waals surface area (Å²) in [6, 6.07) is 7.53. The average molecular weight is 344 g/mol. The monoisotopic (exact) mass is 344 g/mol. The number of nitrogens with zero attached hydrogens (tertiary/aromatic N) is 3. The highest BCUT2D eigenvalue weighted by Crippen LogP contribution is 2.16. The summed E-state index contributed by atoms with van der Waals surface area (Å²) in [5.74, 6) is -1.68. The average Bonchev–Trinajstić information content (AvgIpc) is 2.98. The van der Waals surface area contributed by atoms with Crippen molar-refractivity contribution in [3.63, 3.8) is 0 Å². The van der Waals surface area contributed by atoms with Crippen molar-refractivity contribution in [3.8, 4) is 0 Å². The van der Waals surface area contributed by atoms with Crippen molar-refractivity contribution in [1.82, 2.24) is 14.7 Å². The number of aromatic carboxylic acids is 1. The minimum atomic E-state index is -1.18. The van der Waals surface area contributed by atoms with Gasteiger partial charge in [0.1, 0.15) is 11.3 Å². The van der Waals surface area contributed by atoms with Crippen LogP contribution in [0, 0.1) is 0 Å². The Morgan fingerprint density at radius 2 is 2.08 bits per heavy atom. The van der Waals surface area contributed by atoms with Gasteiger partial charge in [0.15, 0.2) is 0 Å². The second-order valence-corrected chi connectivity index (χ2v) is 5.88. The normalized spacial score (nSPS) is 15.1. The summed E-state index contributed by atoms with van der Waals surface area (Å²) in [7, 11) is 1.54. The lowest BCUT2D eigenvalue weighted by molar-refractivity contribution is 0.0342. The molecule has 2 N–H and O–H groups in total. The number of carboxylic acid groups (broad SMARTS) is 1. The van der Waals surface area contributed by atoms with Crippen molar-refractivity contribution >= 4 is 17.6 Å². The van der Waals surface area contributed by atoms with Gasteiger partial charge in [-0.2, -0.15) is 5.10 Å². The molecule has 0 bridgehead atoms. The van der Waals surface area contributed by atoms with E-state index in [-0.39, 0.29) is 11.3 Å². The molecule has 0 atom stereocenters. The van der Waals surface area contributed by atoms with Crippen LogP contribution in [0.3, 0.4) is 0 Å². The van der Waals surface area contributed by atoms with E-state index in [1.807, 2.05) is 18.2 Å². The predicted molar refractivity (Wildman–Crippen MR) is 90.7 cm³/mol. The molecule has 0 unspecified atom stereocenters. The highest BCUT2D eigenvalue weighted by atomic mass is 16.5. The Labute approximate surface area is 145 Å². The summed E-state index contributed by atoms with van der Waals surface area (Å²) in [4.78, 5) is 26.0. The lowest BCUT2D eigenvalue weighted by atomic mass is 10.1. The molecule has 1 aliphatic heterocycles. The van der Waals surface area contributed by atoms with Crippen molar-refractivity contribution in [1.29, 1.82) is 0 Å². The number of rotatable bonds is 5. The topological polar surface area (TPSA) is 96.7 Å². The second kappa shape index (κ2) is 7.45. The number of anilines is 1. The zero-order valence-corrected chi connectivity index (χ0v) is 13.9. The van der Waals surface area contributed by atoms with Gasteiger partial charge in [-0.05, 0) is 17.7 Å². The Morgan fingerprint density at radius 3 is 2.80 bits per heavy atom. The fraction of sp³-hybridized carbons (Fsp3) is 0.353. The van der Waals surface area contributed by atoms with Gasteiger partial charge in [-0.3, -0.25) is 14.4 Å². The lowest BCUT2D eigenvalue weighted by Gasteiger charge is -2.26. The number of carbonyl (C=O) groups excluding carboxylic acids is 1. The number of aryl methyl sites for hydroxylation is 1. The zero-order valence-electron chi connectivity index (χ0n) is 13.9. The van der Waals surface area contributed by atoms with Crippen LogP contribution < -0.4 is 5.32 Å².